The van der Waals surface area contributed by atoms with E-state index in [1.54, 1.807) is 12.1 Å². The molecule has 0 bridgehead atoms. The van der Waals surface area contributed by atoms with Crippen LogP contribution in [0, 0.1) is 25.2 Å². The van der Waals surface area contributed by atoms with E-state index in [9.17, 15) is 9.59 Å². The molecule has 0 unspecified atom stereocenters. The van der Waals surface area contributed by atoms with Gasteiger partial charge in [0.1, 0.15) is 0 Å². The quantitative estimate of drug-likeness (QED) is 0.580. The van der Waals surface area contributed by atoms with Gasteiger partial charge in [0.05, 0.1) is 23.1 Å². The van der Waals surface area contributed by atoms with Gasteiger partial charge in [-0.15, -0.1) is 11.8 Å². The van der Waals surface area contributed by atoms with E-state index in [0.29, 0.717) is 23.0 Å². The monoisotopic (exact) mass is 383 g/mol. The zero-order valence-electron chi connectivity index (χ0n) is 15.3. The number of benzene rings is 1. The summed E-state index contributed by atoms with van der Waals surface area (Å²) in [6, 6.07) is 11.6. The van der Waals surface area contributed by atoms with Crippen molar-refractivity contribution < 1.29 is 14.3 Å². The first kappa shape index (κ1) is 19.1. The number of aromatic nitrogens is 1. The summed E-state index contributed by atoms with van der Waals surface area (Å²) < 4.78 is 7.37. The molecule has 0 saturated heterocycles. The van der Waals surface area contributed by atoms with E-state index in [1.807, 2.05) is 32.0 Å². The first-order chi connectivity index (χ1) is 13.0. The average Bonchev–Trinajstić information content (AvgIpc) is 3.44. The van der Waals surface area contributed by atoms with Crippen LogP contribution in [0.25, 0.3) is 0 Å². The number of nitrogens with zero attached hydrogens (tertiary/aromatic N) is 2. The van der Waals surface area contributed by atoms with Gasteiger partial charge in [-0.25, -0.2) is 4.79 Å². The molecular formula is C20H21N3O3S. The third-order valence-electron chi connectivity index (χ3n) is 4.40. The highest BCUT2D eigenvalue weighted by atomic mass is 32.2. The Morgan fingerprint density at radius 3 is 2.78 bits per heavy atom. The van der Waals surface area contributed by atoms with Crippen molar-refractivity contribution in [1.82, 2.24) is 4.57 Å². The first-order valence-corrected chi connectivity index (χ1v) is 9.74. The Labute approximate surface area is 162 Å². The third-order valence-corrected chi connectivity index (χ3v) is 5.34. The molecule has 0 spiro atoms. The van der Waals surface area contributed by atoms with E-state index in [-0.39, 0.29) is 6.61 Å². The zero-order chi connectivity index (χ0) is 19.4. The number of aryl methyl sites for hydroxylation is 1. The molecule has 27 heavy (non-hydrogen) atoms. The number of carbonyl (C=O) groups excluding carboxylic acids is 2. The molecule has 1 N–H and O–H groups in total. The number of carbonyl (C=O) groups is 2. The summed E-state index contributed by atoms with van der Waals surface area (Å²) in [5, 5.41) is 11.5. The van der Waals surface area contributed by atoms with Crippen LogP contribution < -0.4 is 5.32 Å². The fraction of sp³-hybridized carbons (Fsp3) is 0.350. The van der Waals surface area contributed by atoms with Crippen molar-refractivity contribution in [2.45, 2.75) is 37.6 Å². The van der Waals surface area contributed by atoms with Crippen molar-refractivity contribution in [3.05, 3.63) is 47.3 Å². The van der Waals surface area contributed by atoms with Crippen LogP contribution in [-0.2, 0) is 9.53 Å². The average molecular weight is 383 g/mol. The molecule has 1 aromatic carbocycles. The summed E-state index contributed by atoms with van der Waals surface area (Å²) in [6.07, 6.45) is 2.27. The maximum absolute atomic E-state index is 12.4. The van der Waals surface area contributed by atoms with Crippen LogP contribution in [0.15, 0.2) is 35.2 Å². The summed E-state index contributed by atoms with van der Waals surface area (Å²) >= 11 is 1.34. The van der Waals surface area contributed by atoms with Gasteiger partial charge in [0.25, 0.3) is 5.91 Å². The molecule has 2 aromatic rings. The van der Waals surface area contributed by atoms with Crippen LogP contribution >= 0.6 is 11.8 Å². The summed E-state index contributed by atoms with van der Waals surface area (Å²) in [5.41, 5.74) is 3.04. The maximum Gasteiger partial charge on any atom is 0.340 e. The Kier molecular flexibility index (Phi) is 5.87. The molecule has 1 aliphatic rings. The summed E-state index contributed by atoms with van der Waals surface area (Å²) in [4.78, 5) is 25.4. The Bertz CT molecular complexity index is 910. The highest BCUT2D eigenvalue weighted by Crippen LogP contribution is 2.38. The minimum atomic E-state index is -0.489. The second-order valence-corrected chi connectivity index (χ2v) is 7.47. The zero-order valence-corrected chi connectivity index (χ0v) is 16.1. The number of thioether (sulfide) groups is 1. The molecule has 3 rings (SSSR count). The van der Waals surface area contributed by atoms with Crippen molar-refractivity contribution in [2.75, 3.05) is 17.7 Å². The van der Waals surface area contributed by atoms with Crippen molar-refractivity contribution in [3.63, 3.8) is 0 Å². The van der Waals surface area contributed by atoms with Gasteiger partial charge in [0, 0.05) is 22.3 Å². The lowest BCUT2D eigenvalue weighted by molar-refractivity contribution is -0.119. The number of esters is 1. The molecule has 1 aliphatic carbocycles. The SMILES string of the molecule is Cc1cc(C(=O)OCC(=O)Nc2ccccc2SCC#N)c(C)n1C1CC1. The molecule has 1 fully saturated rings. The van der Waals surface area contributed by atoms with Gasteiger partial charge < -0.3 is 14.6 Å². The van der Waals surface area contributed by atoms with E-state index < -0.39 is 11.9 Å². The van der Waals surface area contributed by atoms with Crippen molar-refractivity contribution in [3.8, 4) is 6.07 Å². The van der Waals surface area contributed by atoms with E-state index in [0.717, 1.165) is 29.1 Å². The molecule has 6 nitrogen and oxygen atoms in total. The molecule has 0 radical (unpaired) electrons. The predicted molar refractivity (Wildman–Crippen MR) is 104 cm³/mol. The molecule has 1 amide bonds. The summed E-state index contributed by atoms with van der Waals surface area (Å²) in [5.74, 6) is -0.611. The van der Waals surface area contributed by atoms with Crippen molar-refractivity contribution in [2.24, 2.45) is 0 Å². The number of hydrogen-bond donors (Lipinski definition) is 1. The van der Waals surface area contributed by atoms with Gasteiger partial charge in [-0.1, -0.05) is 12.1 Å². The topological polar surface area (TPSA) is 84.1 Å². The van der Waals surface area contributed by atoms with Gasteiger partial charge >= 0.3 is 5.97 Å². The first-order valence-electron chi connectivity index (χ1n) is 8.75. The standard InChI is InChI=1S/C20H21N3O3S/c1-13-11-16(14(2)23(13)15-7-8-15)20(25)26-12-19(24)22-17-5-3-4-6-18(17)27-10-9-21/h3-6,11,15H,7-8,10,12H2,1-2H3,(H,22,24). The van der Waals surface area contributed by atoms with Crippen LogP contribution in [0.4, 0.5) is 5.69 Å². The number of nitrogens with one attached hydrogen (secondary N) is 1. The Morgan fingerprint density at radius 2 is 2.07 bits per heavy atom. The Morgan fingerprint density at radius 1 is 1.33 bits per heavy atom. The number of ether oxygens (including phenoxy) is 1. The minimum Gasteiger partial charge on any atom is -0.452 e. The lowest BCUT2D eigenvalue weighted by atomic mass is 10.2. The van der Waals surface area contributed by atoms with Crippen molar-refractivity contribution in [1.29, 1.82) is 5.26 Å². The van der Waals surface area contributed by atoms with Crippen LogP contribution in [-0.4, -0.2) is 28.8 Å². The molecule has 1 aromatic heterocycles. The largest absolute Gasteiger partial charge is 0.452 e. The van der Waals surface area contributed by atoms with Crippen LogP contribution in [0.5, 0.6) is 0 Å². The van der Waals surface area contributed by atoms with Gasteiger partial charge in [-0.2, -0.15) is 5.26 Å². The summed E-state index contributed by atoms with van der Waals surface area (Å²) in [7, 11) is 0. The fourth-order valence-corrected chi connectivity index (χ4v) is 3.75. The number of nitriles is 1. The Hall–Kier alpha value is -2.72. The van der Waals surface area contributed by atoms with Gasteiger partial charge in [0.15, 0.2) is 6.61 Å². The fourth-order valence-electron chi connectivity index (χ4n) is 3.08. The second-order valence-electron chi connectivity index (χ2n) is 6.45. The third kappa shape index (κ3) is 4.52. The highest BCUT2D eigenvalue weighted by Gasteiger charge is 2.28. The van der Waals surface area contributed by atoms with E-state index in [4.69, 9.17) is 10.00 Å². The van der Waals surface area contributed by atoms with Gasteiger partial charge in [0.2, 0.25) is 0 Å². The normalized spacial score (nSPS) is 13.1. The molecule has 0 atom stereocenters. The molecule has 140 valence electrons. The lowest BCUT2D eigenvalue weighted by Crippen LogP contribution is -2.21. The minimum absolute atomic E-state index is 0.290. The smallest absolute Gasteiger partial charge is 0.340 e. The number of rotatable bonds is 7. The molecule has 0 aliphatic heterocycles. The molecule has 1 heterocycles. The maximum atomic E-state index is 12.4. The van der Waals surface area contributed by atoms with Crippen LogP contribution in [0.3, 0.4) is 0 Å². The molecular weight excluding hydrogens is 362 g/mol. The second kappa shape index (κ2) is 8.31. The van der Waals surface area contributed by atoms with Crippen LogP contribution in [0.2, 0.25) is 0 Å². The van der Waals surface area contributed by atoms with E-state index in [2.05, 4.69) is 16.0 Å². The highest BCUT2D eigenvalue weighted by molar-refractivity contribution is 7.99. The van der Waals surface area contributed by atoms with Crippen LogP contribution in [0.1, 0.15) is 40.6 Å². The number of amides is 1. The van der Waals surface area contributed by atoms with E-state index in [1.165, 1.54) is 11.8 Å². The summed E-state index contributed by atoms with van der Waals surface area (Å²) in [6.45, 7) is 3.53. The van der Waals surface area contributed by atoms with E-state index >= 15 is 0 Å². The molecule has 1 saturated carbocycles. The Balaban J connectivity index is 1.59. The number of para-hydroxylation sites is 1. The predicted octanol–water partition coefficient (Wildman–Crippen LogP) is 3.85. The van der Waals surface area contributed by atoms with Gasteiger partial charge in [-0.05, 0) is 44.9 Å². The lowest BCUT2D eigenvalue weighted by Gasteiger charge is -2.10. The number of anilines is 1. The number of hydrogen-bond acceptors (Lipinski definition) is 5. The van der Waals surface area contributed by atoms with Gasteiger partial charge in [-0.3, -0.25) is 4.79 Å². The molecule has 7 heteroatoms. The van der Waals surface area contributed by atoms with Crippen molar-refractivity contribution >= 4 is 29.3 Å².